The molecule has 0 amide bonds. The van der Waals surface area contributed by atoms with E-state index in [9.17, 15) is 4.79 Å². The zero-order valence-electron chi connectivity index (χ0n) is 13.0. The summed E-state index contributed by atoms with van der Waals surface area (Å²) in [6.45, 7) is 2.26. The Morgan fingerprint density at radius 2 is 1.65 bits per heavy atom. The first-order valence-electron chi connectivity index (χ1n) is 8.16. The Hall–Kier alpha value is -2.62. The van der Waals surface area contributed by atoms with Crippen molar-refractivity contribution in [1.29, 1.82) is 0 Å². The average molecular weight is 305 g/mol. The molecular weight excluding hydrogens is 286 g/mol. The van der Waals surface area contributed by atoms with Gasteiger partial charge in [-0.2, -0.15) is 0 Å². The Balaban J connectivity index is 1.69. The second-order valence-electron chi connectivity index (χ2n) is 6.03. The van der Waals surface area contributed by atoms with E-state index in [1.165, 1.54) is 24.9 Å². The van der Waals surface area contributed by atoms with Crippen molar-refractivity contribution >= 4 is 16.6 Å². The van der Waals surface area contributed by atoms with Crippen LogP contribution in [0.5, 0.6) is 0 Å². The zero-order chi connectivity index (χ0) is 15.6. The van der Waals surface area contributed by atoms with E-state index in [0.717, 1.165) is 24.2 Å². The average Bonchev–Trinajstić information content (AvgIpc) is 2.63. The molecule has 4 heteroatoms. The Morgan fingerprint density at radius 1 is 0.913 bits per heavy atom. The molecule has 1 aliphatic rings. The normalized spacial score (nSPS) is 15.0. The minimum absolute atomic E-state index is 0.0919. The van der Waals surface area contributed by atoms with Gasteiger partial charge in [-0.15, -0.1) is 0 Å². The molecule has 0 atom stereocenters. The van der Waals surface area contributed by atoms with Crippen LogP contribution in [-0.4, -0.2) is 23.1 Å². The molecule has 23 heavy (non-hydrogen) atoms. The van der Waals surface area contributed by atoms with Crippen LogP contribution in [0.2, 0.25) is 0 Å². The lowest BCUT2D eigenvalue weighted by Crippen LogP contribution is -2.29. The second-order valence-corrected chi connectivity index (χ2v) is 6.03. The van der Waals surface area contributed by atoms with Gasteiger partial charge in [0.05, 0.1) is 10.9 Å². The Kier molecular flexibility index (Phi) is 3.58. The van der Waals surface area contributed by atoms with Crippen LogP contribution in [0.3, 0.4) is 0 Å². The van der Waals surface area contributed by atoms with Crippen LogP contribution < -0.4 is 10.5 Å². The third-order valence-electron chi connectivity index (χ3n) is 4.47. The molecule has 0 saturated carbocycles. The molecule has 1 saturated heterocycles. The molecular formula is C19H19N3O. The minimum Gasteiger partial charge on any atom is -0.372 e. The van der Waals surface area contributed by atoms with Crippen LogP contribution in [0.25, 0.3) is 22.3 Å². The Morgan fingerprint density at radius 3 is 2.43 bits per heavy atom. The van der Waals surface area contributed by atoms with Crippen LogP contribution in [0.15, 0.2) is 53.3 Å². The van der Waals surface area contributed by atoms with Gasteiger partial charge in [0.2, 0.25) is 0 Å². The van der Waals surface area contributed by atoms with E-state index in [-0.39, 0.29) is 5.56 Å². The molecule has 0 unspecified atom stereocenters. The lowest BCUT2D eigenvalue weighted by molar-refractivity contribution is 0.578. The summed E-state index contributed by atoms with van der Waals surface area (Å²) >= 11 is 0. The predicted molar refractivity (Wildman–Crippen MR) is 93.9 cm³/mol. The summed E-state index contributed by atoms with van der Waals surface area (Å²) in [6.07, 6.45) is 3.86. The van der Waals surface area contributed by atoms with E-state index in [0.29, 0.717) is 11.2 Å². The van der Waals surface area contributed by atoms with E-state index in [2.05, 4.69) is 27.0 Å². The highest BCUT2D eigenvalue weighted by Gasteiger charge is 2.11. The van der Waals surface area contributed by atoms with Crippen LogP contribution in [0.1, 0.15) is 19.3 Å². The molecule has 0 bridgehead atoms. The molecule has 2 aromatic carbocycles. The van der Waals surface area contributed by atoms with Gasteiger partial charge in [-0.1, -0.05) is 12.1 Å². The third kappa shape index (κ3) is 2.72. The summed E-state index contributed by atoms with van der Waals surface area (Å²) < 4.78 is 0. The lowest BCUT2D eigenvalue weighted by atomic mass is 10.1. The number of piperidine rings is 1. The van der Waals surface area contributed by atoms with Gasteiger partial charge in [-0.05, 0) is 55.7 Å². The largest absolute Gasteiger partial charge is 0.372 e. The molecule has 3 aromatic rings. The highest BCUT2D eigenvalue weighted by atomic mass is 16.1. The monoisotopic (exact) mass is 305 g/mol. The highest BCUT2D eigenvalue weighted by molar-refractivity contribution is 5.79. The molecule has 4 rings (SSSR count). The fourth-order valence-electron chi connectivity index (χ4n) is 3.21. The third-order valence-corrected chi connectivity index (χ3v) is 4.47. The molecule has 0 aliphatic carbocycles. The van der Waals surface area contributed by atoms with Crippen molar-refractivity contribution in [1.82, 2.24) is 9.97 Å². The van der Waals surface area contributed by atoms with E-state index in [1.54, 1.807) is 6.07 Å². The molecule has 1 aromatic heterocycles. The number of anilines is 1. The number of H-pyrrole nitrogens is 1. The highest BCUT2D eigenvalue weighted by Crippen LogP contribution is 2.23. The van der Waals surface area contributed by atoms with Crippen LogP contribution in [-0.2, 0) is 0 Å². The van der Waals surface area contributed by atoms with Crippen LogP contribution in [0, 0.1) is 0 Å². The molecule has 0 spiro atoms. The van der Waals surface area contributed by atoms with Crippen molar-refractivity contribution in [3.8, 4) is 11.4 Å². The number of hydrogen-bond acceptors (Lipinski definition) is 3. The number of hydrogen-bond donors (Lipinski definition) is 1. The number of fused-ring (bicyclic) bond motifs is 1. The summed E-state index contributed by atoms with van der Waals surface area (Å²) in [5.41, 5.74) is 2.82. The van der Waals surface area contributed by atoms with E-state index in [1.807, 2.05) is 30.3 Å². The second kappa shape index (κ2) is 5.88. The molecule has 1 fully saturated rings. The standard InChI is InChI=1S/C19H19N3O/c23-19-16-6-2-3-7-17(16)20-18(21-19)14-8-10-15(11-9-14)22-12-4-1-5-13-22/h2-3,6-11H,1,4-5,12-13H2,(H,20,21,23). The number of aromatic amines is 1. The molecule has 1 N–H and O–H groups in total. The first kappa shape index (κ1) is 14.0. The van der Waals surface area contributed by atoms with Gasteiger partial charge in [0, 0.05) is 24.3 Å². The fourth-order valence-corrected chi connectivity index (χ4v) is 3.21. The SMILES string of the molecule is O=c1[nH]c(-c2ccc(N3CCCCC3)cc2)nc2ccccc12. The molecule has 4 nitrogen and oxygen atoms in total. The number of benzene rings is 2. The Bertz CT molecular complexity index is 877. The maximum atomic E-state index is 12.2. The number of aromatic nitrogens is 2. The molecule has 1 aliphatic heterocycles. The van der Waals surface area contributed by atoms with Crippen molar-refractivity contribution < 1.29 is 0 Å². The van der Waals surface area contributed by atoms with Crippen molar-refractivity contribution in [3.05, 3.63) is 58.9 Å². The molecule has 0 radical (unpaired) electrons. The summed E-state index contributed by atoms with van der Waals surface area (Å²) in [4.78, 5) is 22.1. The van der Waals surface area contributed by atoms with E-state index < -0.39 is 0 Å². The van der Waals surface area contributed by atoms with Crippen molar-refractivity contribution in [3.63, 3.8) is 0 Å². The Labute approximate surface area is 134 Å². The molecule has 2 heterocycles. The van der Waals surface area contributed by atoms with Gasteiger partial charge in [0.25, 0.3) is 5.56 Å². The fraction of sp³-hybridized carbons (Fsp3) is 0.263. The van der Waals surface area contributed by atoms with E-state index in [4.69, 9.17) is 0 Å². The van der Waals surface area contributed by atoms with Crippen molar-refractivity contribution in [2.45, 2.75) is 19.3 Å². The summed E-state index contributed by atoms with van der Waals surface area (Å²) in [5.74, 6) is 0.624. The minimum atomic E-state index is -0.0919. The zero-order valence-corrected chi connectivity index (χ0v) is 13.0. The summed E-state index contributed by atoms with van der Waals surface area (Å²) in [6, 6.07) is 15.7. The van der Waals surface area contributed by atoms with E-state index >= 15 is 0 Å². The van der Waals surface area contributed by atoms with Gasteiger partial charge >= 0.3 is 0 Å². The number of para-hydroxylation sites is 1. The van der Waals surface area contributed by atoms with Gasteiger partial charge in [-0.3, -0.25) is 4.79 Å². The van der Waals surface area contributed by atoms with Crippen molar-refractivity contribution in [2.75, 3.05) is 18.0 Å². The smallest absolute Gasteiger partial charge is 0.259 e. The lowest BCUT2D eigenvalue weighted by Gasteiger charge is -2.28. The van der Waals surface area contributed by atoms with Gasteiger partial charge in [-0.25, -0.2) is 4.98 Å². The first-order valence-corrected chi connectivity index (χ1v) is 8.16. The summed E-state index contributed by atoms with van der Waals surface area (Å²) in [5, 5.41) is 0.626. The number of rotatable bonds is 2. The summed E-state index contributed by atoms with van der Waals surface area (Å²) in [7, 11) is 0. The maximum absolute atomic E-state index is 12.2. The quantitative estimate of drug-likeness (QED) is 0.787. The van der Waals surface area contributed by atoms with Gasteiger partial charge in [0.1, 0.15) is 5.82 Å². The first-order chi connectivity index (χ1) is 11.3. The van der Waals surface area contributed by atoms with Gasteiger partial charge in [0.15, 0.2) is 0 Å². The molecule has 116 valence electrons. The van der Waals surface area contributed by atoms with Gasteiger partial charge < -0.3 is 9.88 Å². The predicted octanol–water partition coefficient (Wildman–Crippen LogP) is 3.58. The van der Waals surface area contributed by atoms with Crippen molar-refractivity contribution in [2.24, 2.45) is 0 Å². The maximum Gasteiger partial charge on any atom is 0.259 e. The topological polar surface area (TPSA) is 49.0 Å². The van der Waals surface area contributed by atoms with Crippen LogP contribution in [0.4, 0.5) is 5.69 Å². The van der Waals surface area contributed by atoms with Crippen LogP contribution >= 0.6 is 0 Å². The number of nitrogens with one attached hydrogen (secondary N) is 1. The number of nitrogens with zero attached hydrogens (tertiary/aromatic N) is 2.